The van der Waals surface area contributed by atoms with Gasteiger partial charge in [0.05, 0.1) is 12.6 Å². The summed E-state index contributed by atoms with van der Waals surface area (Å²) >= 11 is 0. The number of hydrogen-bond acceptors (Lipinski definition) is 4. The van der Waals surface area contributed by atoms with Crippen molar-refractivity contribution in [1.29, 1.82) is 0 Å². The van der Waals surface area contributed by atoms with E-state index < -0.39 is 18.8 Å². The first-order valence-corrected chi connectivity index (χ1v) is 9.93. The van der Waals surface area contributed by atoms with Gasteiger partial charge in [-0.05, 0) is 25.3 Å². The fourth-order valence-corrected chi connectivity index (χ4v) is 3.44. The minimum atomic E-state index is -4.50. The van der Waals surface area contributed by atoms with Gasteiger partial charge in [0, 0.05) is 32.2 Å². The molecule has 0 aromatic heterocycles. The zero-order valence-electron chi connectivity index (χ0n) is 16.4. The van der Waals surface area contributed by atoms with Gasteiger partial charge >= 0.3 is 6.18 Å². The third-order valence-electron chi connectivity index (χ3n) is 5.44. The molecule has 1 saturated carbocycles. The summed E-state index contributed by atoms with van der Waals surface area (Å²) in [4.78, 5) is 28.1. The van der Waals surface area contributed by atoms with Crippen LogP contribution in [-0.4, -0.2) is 72.6 Å². The molecule has 1 aliphatic carbocycles. The molecule has 9 heteroatoms. The highest BCUT2D eigenvalue weighted by Crippen LogP contribution is 2.32. The molecule has 2 fully saturated rings. The second kappa shape index (κ2) is 9.13. The third-order valence-corrected chi connectivity index (χ3v) is 5.44. The van der Waals surface area contributed by atoms with Crippen LogP contribution in [0.4, 0.5) is 13.2 Å². The van der Waals surface area contributed by atoms with Gasteiger partial charge in [0.1, 0.15) is 6.04 Å². The molecule has 2 amide bonds. The maximum Gasteiger partial charge on any atom is 0.407 e. The van der Waals surface area contributed by atoms with Crippen molar-refractivity contribution in [3.05, 3.63) is 35.9 Å². The number of nitrogens with zero attached hydrogens (tertiary/aromatic N) is 2. The van der Waals surface area contributed by atoms with Crippen molar-refractivity contribution < 1.29 is 22.8 Å². The van der Waals surface area contributed by atoms with Crippen molar-refractivity contribution in [2.45, 2.75) is 44.1 Å². The fourth-order valence-electron chi connectivity index (χ4n) is 3.44. The van der Waals surface area contributed by atoms with Gasteiger partial charge in [-0.25, -0.2) is 0 Å². The number of carbonyl (C=O) groups is 2. The van der Waals surface area contributed by atoms with Crippen molar-refractivity contribution in [3.8, 4) is 0 Å². The zero-order valence-corrected chi connectivity index (χ0v) is 16.4. The van der Waals surface area contributed by atoms with Crippen LogP contribution in [0.25, 0.3) is 0 Å². The van der Waals surface area contributed by atoms with Crippen LogP contribution in [0.1, 0.15) is 31.4 Å². The molecule has 0 spiro atoms. The van der Waals surface area contributed by atoms with Crippen LogP contribution in [-0.2, 0) is 9.59 Å². The molecule has 0 bridgehead atoms. The predicted molar refractivity (Wildman–Crippen MR) is 102 cm³/mol. The summed E-state index contributed by atoms with van der Waals surface area (Å²) in [7, 11) is 0. The van der Waals surface area contributed by atoms with Gasteiger partial charge in [-0.2, -0.15) is 13.2 Å². The first kappa shape index (κ1) is 21.6. The first-order chi connectivity index (χ1) is 13.8. The van der Waals surface area contributed by atoms with E-state index in [4.69, 9.17) is 0 Å². The number of benzene rings is 1. The Bertz CT molecular complexity index is 701. The highest BCUT2D eigenvalue weighted by atomic mass is 19.4. The first-order valence-electron chi connectivity index (χ1n) is 9.93. The Morgan fingerprint density at radius 3 is 2.28 bits per heavy atom. The molecule has 29 heavy (non-hydrogen) atoms. The van der Waals surface area contributed by atoms with Crippen LogP contribution in [0.3, 0.4) is 0 Å². The number of nitrogens with one attached hydrogen (secondary N) is 2. The van der Waals surface area contributed by atoms with E-state index in [0.717, 1.165) is 12.8 Å². The summed E-state index contributed by atoms with van der Waals surface area (Å²) in [6.45, 7) is 3.27. The van der Waals surface area contributed by atoms with E-state index in [1.165, 1.54) is 24.3 Å². The van der Waals surface area contributed by atoms with Crippen molar-refractivity contribution in [2.24, 2.45) is 0 Å². The van der Waals surface area contributed by atoms with Crippen LogP contribution in [0.5, 0.6) is 0 Å². The molecule has 2 aliphatic rings. The molecule has 160 valence electrons. The highest BCUT2D eigenvalue weighted by molar-refractivity contribution is 5.82. The molecular weight excluding hydrogens is 385 g/mol. The van der Waals surface area contributed by atoms with E-state index in [2.05, 4.69) is 10.6 Å². The average molecular weight is 412 g/mol. The summed E-state index contributed by atoms with van der Waals surface area (Å²) in [5.41, 5.74) is 0.0770. The zero-order chi connectivity index (χ0) is 21.0. The number of carbonyl (C=O) groups excluding carboxylic acids is 2. The number of hydrogen-bond donors (Lipinski definition) is 2. The SMILES string of the molecule is CC(C(=O)NC1CC1)N1CCN(C(=O)CNC(c2ccccc2)C(F)(F)F)CC1. The molecule has 1 aromatic rings. The van der Waals surface area contributed by atoms with Crippen molar-refractivity contribution in [1.82, 2.24) is 20.4 Å². The lowest BCUT2D eigenvalue weighted by atomic mass is 10.1. The Hall–Kier alpha value is -2.13. The highest BCUT2D eigenvalue weighted by Gasteiger charge is 2.41. The van der Waals surface area contributed by atoms with Crippen molar-refractivity contribution in [3.63, 3.8) is 0 Å². The van der Waals surface area contributed by atoms with Gasteiger partial charge < -0.3 is 10.2 Å². The molecule has 1 aliphatic heterocycles. The standard InChI is InChI=1S/C20H27F3N4O2/c1-14(19(29)25-16-7-8-16)26-9-11-27(12-10-26)17(28)13-24-18(20(21,22)23)15-5-3-2-4-6-15/h2-6,14,16,18,24H,7-13H2,1H3,(H,25,29). The van der Waals surface area contributed by atoms with E-state index in [1.807, 2.05) is 11.8 Å². The minimum absolute atomic E-state index is 0.00942. The molecule has 6 nitrogen and oxygen atoms in total. The van der Waals surface area contributed by atoms with Gasteiger partial charge in [0.25, 0.3) is 0 Å². The van der Waals surface area contributed by atoms with Crippen LogP contribution in [0.15, 0.2) is 30.3 Å². The molecular formula is C20H27F3N4O2. The van der Waals surface area contributed by atoms with Gasteiger partial charge in [-0.3, -0.25) is 19.8 Å². The second-order valence-corrected chi connectivity index (χ2v) is 7.64. The molecule has 1 heterocycles. The van der Waals surface area contributed by atoms with E-state index in [1.54, 1.807) is 11.0 Å². The monoisotopic (exact) mass is 412 g/mol. The minimum Gasteiger partial charge on any atom is -0.352 e. The summed E-state index contributed by atoms with van der Waals surface area (Å²) in [5.74, 6) is -0.380. The van der Waals surface area contributed by atoms with Gasteiger partial charge in [-0.1, -0.05) is 30.3 Å². The van der Waals surface area contributed by atoms with E-state index in [-0.39, 0.29) is 23.4 Å². The quantitative estimate of drug-likeness (QED) is 0.716. The number of halogens is 3. The van der Waals surface area contributed by atoms with E-state index >= 15 is 0 Å². The van der Waals surface area contributed by atoms with Gasteiger partial charge in [0.15, 0.2) is 0 Å². The third kappa shape index (κ3) is 5.93. The fraction of sp³-hybridized carbons (Fsp3) is 0.600. The molecule has 1 saturated heterocycles. The Morgan fingerprint density at radius 1 is 1.10 bits per heavy atom. The normalized spacial score (nSPS) is 20.2. The predicted octanol–water partition coefficient (Wildman–Crippen LogP) is 1.69. The number of rotatable bonds is 7. The maximum atomic E-state index is 13.4. The van der Waals surface area contributed by atoms with Crippen LogP contribution in [0.2, 0.25) is 0 Å². The van der Waals surface area contributed by atoms with Crippen LogP contribution in [0, 0.1) is 0 Å². The topological polar surface area (TPSA) is 64.7 Å². The van der Waals surface area contributed by atoms with Crippen molar-refractivity contribution in [2.75, 3.05) is 32.7 Å². The summed E-state index contributed by atoms with van der Waals surface area (Å²) < 4.78 is 40.1. The molecule has 2 atom stereocenters. The largest absolute Gasteiger partial charge is 0.407 e. The second-order valence-electron chi connectivity index (χ2n) is 7.64. The summed E-state index contributed by atoms with van der Waals surface area (Å²) in [6.07, 6.45) is -2.45. The van der Waals surface area contributed by atoms with E-state index in [0.29, 0.717) is 32.2 Å². The summed E-state index contributed by atoms with van der Waals surface area (Å²) in [6, 6.07) is 5.64. The Balaban J connectivity index is 1.48. The molecule has 0 radical (unpaired) electrons. The Labute approximate surface area is 168 Å². The molecule has 3 rings (SSSR count). The van der Waals surface area contributed by atoms with Crippen LogP contribution >= 0.6 is 0 Å². The average Bonchev–Trinajstić information content (AvgIpc) is 3.51. The Morgan fingerprint density at radius 2 is 1.72 bits per heavy atom. The lowest BCUT2D eigenvalue weighted by Crippen LogP contribution is -2.56. The van der Waals surface area contributed by atoms with Crippen LogP contribution < -0.4 is 10.6 Å². The lowest BCUT2D eigenvalue weighted by molar-refractivity contribution is -0.159. The van der Waals surface area contributed by atoms with Gasteiger partial charge in [0.2, 0.25) is 11.8 Å². The molecule has 2 unspecified atom stereocenters. The Kier molecular flexibility index (Phi) is 6.79. The molecule has 1 aromatic carbocycles. The number of piperazine rings is 1. The van der Waals surface area contributed by atoms with E-state index in [9.17, 15) is 22.8 Å². The van der Waals surface area contributed by atoms with Crippen molar-refractivity contribution >= 4 is 11.8 Å². The maximum absolute atomic E-state index is 13.4. The smallest absolute Gasteiger partial charge is 0.352 e. The lowest BCUT2D eigenvalue weighted by Gasteiger charge is -2.37. The summed E-state index contributed by atoms with van der Waals surface area (Å²) in [5, 5.41) is 5.33. The number of amides is 2. The molecule has 2 N–H and O–H groups in total. The van der Waals surface area contributed by atoms with Gasteiger partial charge in [-0.15, -0.1) is 0 Å². The number of alkyl halides is 3.